The molecule has 0 aromatic heterocycles. The number of amides is 2. The van der Waals surface area contributed by atoms with Crippen LogP contribution >= 0.6 is 0 Å². The van der Waals surface area contributed by atoms with Gasteiger partial charge in [0.25, 0.3) is 5.91 Å². The Morgan fingerprint density at radius 3 is 2.54 bits per heavy atom. The smallest absolute Gasteiger partial charge is 0.260 e. The first-order valence-electron chi connectivity index (χ1n) is 9.31. The second kappa shape index (κ2) is 7.89. The summed E-state index contributed by atoms with van der Waals surface area (Å²) < 4.78 is 5.59. The Bertz CT molecular complexity index is 686. The third-order valence-corrected chi connectivity index (χ3v) is 5.23. The standard InChI is InChI=1S/C20H26N2O4/c1-3-10-22-17-7-4-16(20(22)25)11-21(12-17)19(24)13-26-18-8-5-15(6-9-18)14(2)23/h5-6,8-9,16-17H,3-4,7,10-13H2,1-2H3/t16-,17+/m0/s1. The van der Waals surface area contributed by atoms with E-state index in [1.165, 1.54) is 6.92 Å². The van der Waals surface area contributed by atoms with E-state index in [1.54, 1.807) is 29.2 Å². The predicted octanol–water partition coefficient (Wildman–Crippen LogP) is 2.13. The number of carbonyl (C=O) groups is 3. The highest BCUT2D eigenvalue weighted by Crippen LogP contribution is 2.29. The van der Waals surface area contributed by atoms with Crippen LogP contribution in [0.5, 0.6) is 5.75 Å². The van der Waals surface area contributed by atoms with E-state index >= 15 is 0 Å². The molecule has 6 nitrogen and oxygen atoms in total. The average molecular weight is 358 g/mol. The largest absolute Gasteiger partial charge is 0.484 e. The second-order valence-corrected chi connectivity index (χ2v) is 7.13. The molecule has 0 aliphatic carbocycles. The normalized spacial score (nSPS) is 22.3. The first kappa shape index (κ1) is 18.4. The third-order valence-electron chi connectivity index (χ3n) is 5.23. The summed E-state index contributed by atoms with van der Waals surface area (Å²) in [7, 11) is 0. The lowest BCUT2D eigenvalue weighted by molar-refractivity contribution is -0.139. The number of nitrogens with zero attached hydrogens (tertiary/aromatic N) is 2. The summed E-state index contributed by atoms with van der Waals surface area (Å²) in [4.78, 5) is 40.2. The molecule has 6 heteroatoms. The zero-order valence-corrected chi connectivity index (χ0v) is 15.4. The first-order chi connectivity index (χ1) is 12.5. The molecule has 26 heavy (non-hydrogen) atoms. The van der Waals surface area contributed by atoms with E-state index in [1.807, 2.05) is 4.90 Å². The second-order valence-electron chi connectivity index (χ2n) is 7.13. The number of ether oxygens (including phenoxy) is 1. The van der Waals surface area contributed by atoms with Gasteiger partial charge in [0.15, 0.2) is 12.4 Å². The van der Waals surface area contributed by atoms with Gasteiger partial charge in [-0.3, -0.25) is 14.4 Å². The van der Waals surface area contributed by atoms with Crippen LogP contribution in [0.15, 0.2) is 24.3 Å². The molecule has 0 unspecified atom stereocenters. The van der Waals surface area contributed by atoms with Crippen LogP contribution in [0.4, 0.5) is 0 Å². The van der Waals surface area contributed by atoms with E-state index in [9.17, 15) is 14.4 Å². The van der Waals surface area contributed by atoms with Crippen LogP contribution in [0.25, 0.3) is 0 Å². The number of piperidine rings is 1. The molecule has 2 amide bonds. The van der Waals surface area contributed by atoms with Gasteiger partial charge in [0.1, 0.15) is 5.75 Å². The van der Waals surface area contributed by atoms with E-state index in [0.717, 1.165) is 25.8 Å². The van der Waals surface area contributed by atoms with Crippen molar-refractivity contribution in [2.45, 2.75) is 39.2 Å². The van der Waals surface area contributed by atoms with Crippen molar-refractivity contribution >= 4 is 17.6 Å². The minimum absolute atomic E-state index is 0.00558. The van der Waals surface area contributed by atoms with Crippen molar-refractivity contribution in [3.05, 3.63) is 29.8 Å². The number of Topliss-reactive ketones (excluding diaryl/α,β-unsaturated/α-hetero) is 1. The van der Waals surface area contributed by atoms with Crippen LogP contribution in [0.2, 0.25) is 0 Å². The third kappa shape index (κ3) is 3.89. The van der Waals surface area contributed by atoms with Crippen LogP contribution in [-0.2, 0) is 9.59 Å². The van der Waals surface area contributed by atoms with Crippen molar-refractivity contribution < 1.29 is 19.1 Å². The lowest BCUT2D eigenvalue weighted by Crippen LogP contribution is -2.48. The number of hydrogen-bond acceptors (Lipinski definition) is 4. The molecular formula is C20H26N2O4. The number of benzene rings is 1. The quantitative estimate of drug-likeness (QED) is 0.731. The van der Waals surface area contributed by atoms with Crippen molar-refractivity contribution in [3.63, 3.8) is 0 Å². The van der Waals surface area contributed by atoms with Crippen LogP contribution in [0.3, 0.4) is 0 Å². The number of carbonyl (C=O) groups excluding carboxylic acids is 3. The Balaban J connectivity index is 1.60. The molecule has 0 spiro atoms. The molecule has 1 aromatic rings. The maximum Gasteiger partial charge on any atom is 0.260 e. The van der Waals surface area contributed by atoms with Crippen LogP contribution in [0, 0.1) is 5.92 Å². The fourth-order valence-corrected chi connectivity index (χ4v) is 3.80. The Labute approximate surface area is 154 Å². The van der Waals surface area contributed by atoms with Crippen molar-refractivity contribution in [3.8, 4) is 5.75 Å². The van der Waals surface area contributed by atoms with Gasteiger partial charge in [0.2, 0.25) is 5.91 Å². The van der Waals surface area contributed by atoms with Crippen molar-refractivity contribution in [1.82, 2.24) is 9.80 Å². The Morgan fingerprint density at radius 2 is 1.88 bits per heavy atom. The highest BCUT2D eigenvalue weighted by Gasteiger charge is 2.41. The molecule has 4 rings (SSSR count). The molecular weight excluding hydrogens is 332 g/mol. The summed E-state index contributed by atoms with van der Waals surface area (Å²) in [5, 5.41) is 0. The lowest BCUT2D eigenvalue weighted by Gasteiger charge is -2.35. The van der Waals surface area contributed by atoms with Gasteiger partial charge in [-0.25, -0.2) is 0 Å². The first-order valence-corrected chi connectivity index (χ1v) is 9.31. The van der Waals surface area contributed by atoms with E-state index in [4.69, 9.17) is 4.74 Å². The number of hydrogen-bond donors (Lipinski definition) is 0. The van der Waals surface area contributed by atoms with Crippen LogP contribution in [-0.4, -0.2) is 59.7 Å². The average Bonchev–Trinajstić information content (AvgIpc) is 2.93. The Hall–Kier alpha value is -2.37. The summed E-state index contributed by atoms with van der Waals surface area (Å²) in [6.45, 7) is 5.37. The summed E-state index contributed by atoms with van der Waals surface area (Å²) in [6.07, 6.45) is 2.76. The molecule has 3 heterocycles. The van der Waals surface area contributed by atoms with E-state index in [2.05, 4.69) is 6.92 Å². The van der Waals surface area contributed by atoms with E-state index < -0.39 is 0 Å². The topological polar surface area (TPSA) is 66.9 Å². The molecule has 2 bridgehead atoms. The predicted molar refractivity (Wildman–Crippen MR) is 97.0 cm³/mol. The van der Waals surface area contributed by atoms with Gasteiger partial charge in [0, 0.05) is 31.2 Å². The summed E-state index contributed by atoms with van der Waals surface area (Å²) in [5.74, 6) is 0.570. The maximum atomic E-state index is 12.6. The SMILES string of the molecule is CCCN1C(=O)[C@H]2CC[C@@H]1CN(C(=O)COc1ccc(C(C)=O)cc1)C2. The summed E-state index contributed by atoms with van der Waals surface area (Å²) in [5.41, 5.74) is 0.613. The van der Waals surface area contributed by atoms with E-state index in [-0.39, 0.29) is 36.2 Å². The highest BCUT2D eigenvalue weighted by molar-refractivity contribution is 5.94. The highest BCUT2D eigenvalue weighted by atomic mass is 16.5. The molecule has 3 aliphatic heterocycles. The number of ketones is 1. The zero-order valence-electron chi connectivity index (χ0n) is 15.4. The van der Waals surface area contributed by atoms with E-state index in [0.29, 0.717) is 24.4 Å². The minimum atomic E-state index is -0.0938. The molecule has 0 saturated carbocycles. The molecule has 3 fully saturated rings. The van der Waals surface area contributed by atoms with Gasteiger partial charge in [-0.1, -0.05) is 6.92 Å². The molecule has 0 N–H and O–H groups in total. The molecule has 3 saturated heterocycles. The molecule has 3 aliphatic rings. The van der Waals surface area contributed by atoms with Gasteiger partial charge < -0.3 is 14.5 Å². The van der Waals surface area contributed by atoms with Crippen molar-refractivity contribution in [1.29, 1.82) is 0 Å². The molecule has 140 valence electrons. The number of rotatable bonds is 6. The van der Waals surface area contributed by atoms with Gasteiger partial charge in [-0.05, 0) is 50.5 Å². The monoisotopic (exact) mass is 358 g/mol. The van der Waals surface area contributed by atoms with Crippen LogP contribution < -0.4 is 4.74 Å². The Morgan fingerprint density at radius 1 is 1.15 bits per heavy atom. The maximum absolute atomic E-state index is 12.6. The molecule has 1 aromatic carbocycles. The summed E-state index contributed by atoms with van der Waals surface area (Å²) >= 11 is 0. The Kier molecular flexibility index (Phi) is 5.59. The number of fused-ring (bicyclic) bond motifs is 4. The lowest BCUT2D eigenvalue weighted by atomic mass is 9.94. The van der Waals surface area contributed by atoms with Crippen molar-refractivity contribution in [2.75, 3.05) is 26.2 Å². The summed E-state index contributed by atoms with van der Waals surface area (Å²) in [6, 6.07) is 6.90. The van der Waals surface area contributed by atoms with Crippen molar-refractivity contribution in [2.24, 2.45) is 5.92 Å². The van der Waals surface area contributed by atoms with Gasteiger partial charge in [-0.15, -0.1) is 0 Å². The molecule has 2 atom stereocenters. The van der Waals surface area contributed by atoms with Gasteiger partial charge in [-0.2, -0.15) is 0 Å². The fourth-order valence-electron chi connectivity index (χ4n) is 3.80. The zero-order chi connectivity index (χ0) is 18.7. The minimum Gasteiger partial charge on any atom is -0.484 e. The van der Waals surface area contributed by atoms with Crippen LogP contribution in [0.1, 0.15) is 43.5 Å². The fraction of sp³-hybridized carbons (Fsp3) is 0.550. The molecule has 0 radical (unpaired) electrons. The van der Waals surface area contributed by atoms with Gasteiger partial charge >= 0.3 is 0 Å². The van der Waals surface area contributed by atoms with Gasteiger partial charge in [0.05, 0.1) is 5.92 Å².